The van der Waals surface area contributed by atoms with Gasteiger partial charge in [-0.3, -0.25) is 4.79 Å². The molecule has 0 bridgehead atoms. The molecule has 2 atom stereocenters. The van der Waals surface area contributed by atoms with Crippen LogP contribution in [0, 0.1) is 5.92 Å². The smallest absolute Gasteiger partial charge is 0.170 e. The van der Waals surface area contributed by atoms with Gasteiger partial charge in [-0.05, 0) is 35.1 Å². The minimum Gasteiger partial charge on any atom is -0.377 e. The molecule has 0 saturated heterocycles. The first-order valence-electron chi connectivity index (χ1n) is 7.57. The van der Waals surface area contributed by atoms with Crippen LogP contribution < -0.4 is 5.32 Å². The van der Waals surface area contributed by atoms with Crippen LogP contribution in [0.4, 0.5) is 5.69 Å². The van der Waals surface area contributed by atoms with Crippen LogP contribution in [0.3, 0.4) is 0 Å². The van der Waals surface area contributed by atoms with E-state index in [1.54, 1.807) is 0 Å². The predicted octanol–water partition coefficient (Wildman–Crippen LogP) is 4.33. The van der Waals surface area contributed by atoms with Gasteiger partial charge in [-0.15, -0.1) is 0 Å². The van der Waals surface area contributed by atoms with E-state index in [4.69, 9.17) is 0 Å². The highest BCUT2D eigenvalue weighted by Gasteiger charge is 2.45. The van der Waals surface area contributed by atoms with E-state index in [9.17, 15) is 4.79 Å². The van der Waals surface area contributed by atoms with E-state index in [2.05, 4.69) is 43.4 Å². The summed E-state index contributed by atoms with van der Waals surface area (Å²) in [5.41, 5.74) is 4.50. The molecule has 21 heavy (non-hydrogen) atoms. The van der Waals surface area contributed by atoms with Gasteiger partial charge in [0.2, 0.25) is 0 Å². The zero-order valence-electron chi connectivity index (χ0n) is 12.4. The first kappa shape index (κ1) is 12.6. The van der Waals surface area contributed by atoms with Gasteiger partial charge in [0.05, 0.1) is 6.04 Å². The van der Waals surface area contributed by atoms with Crippen LogP contribution in [-0.2, 0) is 5.41 Å². The Hall–Kier alpha value is -2.09. The zero-order valence-corrected chi connectivity index (χ0v) is 12.4. The highest BCUT2D eigenvalue weighted by Crippen LogP contribution is 2.49. The van der Waals surface area contributed by atoms with Gasteiger partial charge < -0.3 is 5.32 Å². The van der Waals surface area contributed by atoms with Crippen LogP contribution in [0.2, 0.25) is 0 Å². The average Bonchev–Trinajstić information content (AvgIpc) is 2.49. The Balaban J connectivity index is 1.90. The molecule has 2 heteroatoms. The van der Waals surface area contributed by atoms with Crippen LogP contribution in [0.15, 0.2) is 48.5 Å². The maximum absolute atomic E-state index is 12.9. The fourth-order valence-electron chi connectivity index (χ4n) is 3.99. The number of carbonyl (C=O) groups is 1. The van der Waals surface area contributed by atoms with Crippen molar-refractivity contribution in [3.63, 3.8) is 0 Å². The summed E-state index contributed by atoms with van der Waals surface area (Å²) >= 11 is 0. The molecule has 0 radical (unpaired) electrons. The number of fused-ring (bicyclic) bond motifs is 4. The van der Waals surface area contributed by atoms with Crippen LogP contribution in [0.25, 0.3) is 0 Å². The summed E-state index contributed by atoms with van der Waals surface area (Å²) in [6, 6.07) is 16.5. The molecule has 4 rings (SSSR count). The lowest BCUT2D eigenvalue weighted by molar-refractivity contribution is 0.0859. The fraction of sp³-hybridized carbons (Fsp3) is 0.316. The molecule has 0 spiro atoms. The summed E-state index contributed by atoms with van der Waals surface area (Å²) in [7, 11) is 0. The molecule has 1 aliphatic heterocycles. The minimum atomic E-state index is 0.0322. The van der Waals surface area contributed by atoms with E-state index in [0.29, 0.717) is 0 Å². The Bertz CT molecular complexity index is 732. The first-order chi connectivity index (χ1) is 10.1. The minimum absolute atomic E-state index is 0.0322. The Kier molecular flexibility index (Phi) is 2.53. The molecule has 2 aromatic rings. The largest absolute Gasteiger partial charge is 0.377 e. The van der Waals surface area contributed by atoms with Crippen molar-refractivity contribution in [2.24, 2.45) is 5.92 Å². The highest BCUT2D eigenvalue weighted by atomic mass is 16.1. The van der Waals surface area contributed by atoms with E-state index in [0.717, 1.165) is 17.7 Å². The number of anilines is 1. The highest BCUT2D eigenvalue weighted by molar-refractivity contribution is 6.05. The van der Waals surface area contributed by atoms with Gasteiger partial charge in [0, 0.05) is 17.2 Å². The third-order valence-corrected chi connectivity index (χ3v) is 5.00. The van der Waals surface area contributed by atoms with Gasteiger partial charge in [0.15, 0.2) is 5.78 Å². The summed E-state index contributed by atoms with van der Waals surface area (Å²) in [6.45, 7) is 4.49. The van der Waals surface area contributed by atoms with Crippen molar-refractivity contribution in [2.75, 3.05) is 5.32 Å². The van der Waals surface area contributed by atoms with Crippen molar-refractivity contribution >= 4 is 11.5 Å². The second-order valence-electron chi connectivity index (χ2n) is 6.81. The van der Waals surface area contributed by atoms with Gasteiger partial charge in [-0.25, -0.2) is 0 Å². The number of carbonyl (C=O) groups excluding carboxylic acids is 1. The lowest BCUT2D eigenvalue weighted by Gasteiger charge is -2.45. The van der Waals surface area contributed by atoms with E-state index in [-0.39, 0.29) is 23.2 Å². The maximum atomic E-state index is 12.9. The molecule has 2 aliphatic rings. The van der Waals surface area contributed by atoms with Gasteiger partial charge in [-0.2, -0.15) is 0 Å². The second-order valence-corrected chi connectivity index (χ2v) is 6.81. The molecule has 1 N–H and O–H groups in total. The zero-order chi connectivity index (χ0) is 14.6. The monoisotopic (exact) mass is 277 g/mol. The third-order valence-electron chi connectivity index (χ3n) is 5.00. The standard InChI is InChI=1S/C19H19NO/c1-19(2)11-14-17(12-7-3-5-9-15(12)19)20-16-10-6-4-8-13(16)18(14)21/h3-10,14,17,20H,11H2,1-2H3/t14-,17-/m0/s1. The summed E-state index contributed by atoms with van der Waals surface area (Å²) in [5.74, 6) is 0.321. The lowest BCUT2D eigenvalue weighted by Crippen LogP contribution is -2.42. The Morgan fingerprint density at radius 1 is 1.05 bits per heavy atom. The molecule has 1 aliphatic carbocycles. The number of rotatable bonds is 0. The van der Waals surface area contributed by atoms with Crippen LogP contribution in [0.5, 0.6) is 0 Å². The van der Waals surface area contributed by atoms with Gasteiger partial charge >= 0.3 is 0 Å². The first-order valence-corrected chi connectivity index (χ1v) is 7.57. The molecular formula is C19H19NO. The van der Waals surface area contributed by atoms with Crippen molar-refractivity contribution in [3.8, 4) is 0 Å². The van der Waals surface area contributed by atoms with Gasteiger partial charge in [0.1, 0.15) is 0 Å². The average molecular weight is 277 g/mol. The molecule has 0 saturated carbocycles. The van der Waals surface area contributed by atoms with Crippen molar-refractivity contribution in [1.82, 2.24) is 0 Å². The molecule has 0 amide bonds. The maximum Gasteiger partial charge on any atom is 0.170 e. The second kappa shape index (κ2) is 4.20. The fourth-order valence-corrected chi connectivity index (χ4v) is 3.99. The molecular weight excluding hydrogens is 258 g/mol. The van der Waals surface area contributed by atoms with E-state index >= 15 is 0 Å². The van der Waals surface area contributed by atoms with E-state index in [1.165, 1.54) is 11.1 Å². The normalized spacial score (nSPS) is 25.3. The molecule has 0 fully saturated rings. The van der Waals surface area contributed by atoms with Crippen molar-refractivity contribution in [2.45, 2.75) is 31.7 Å². The van der Waals surface area contributed by atoms with Gasteiger partial charge in [-0.1, -0.05) is 50.2 Å². The summed E-state index contributed by atoms with van der Waals surface area (Å²) < 4.78 is 0. The number of ketones is 1. The van der Waals surface area contributed by atoms with Crippen molar-refractivity contribution in [3.05, 3.63) is 65.2 Å². The third kappa shape index (κ3) is 1.75. The Morgan fingerprint density at radius 3 is 2.62 bits per heavy atom. The molecule has 2 aromatic carbocycles. The van der Waals surface area contributed by atoms with Crippen LogP contribution in [0.1, 0.15) is 47.8 Å². The quantitative estimate of drug-likeness (QED) is 0.776. The summed E-state index contributed by atoms with van der Waals surface area (Å²) in [5, 5.41) is 3.60. The number of hydrogen-bond donors (Lipinski definition) is 1. The Labute approximate surface area is 125 Å². The molecule has 0 unspecified atom stereocenters. The topological polar surface area (TPSA) is 29.1 Å². The van der Waals surface area contributed by atoms with Gasteiger partial charge in [0.25, 0.3) is 0 Å². The molecule has 1 heterocycles. The lowest BCUT2D eigenvalue weighted by atomic mass is 9.63. The van der Waals surface area contributed by atoms with Crippen LogP contribution >= 0.6 is 0 Å². The molecule has 0 aromatic heterocycles. The van der Waals surface area contributed by atoms with E-state index in [1.807, 2.05) is 24.3 Å². The summed E-state index contributed by atoms with van der Waals surface area (Å²) in [6.07, 6.45) is 0.898. The number of hydrogen-bond acceptors (Lipinski definition) is 2. The summed E-state index contributed by atoms with van der Waals surface area (Å²) in [4.78, 5) is 12.9. The molecule has 106 valence electrons. The predicted molar refractivity (Wildman–Crippen MR) is 84.7 cm³/mol. The number of Topliss-reactive ketones (excluding diaryl/α,β-unsaturated/α-hetero) is 1. The van der Waals surface area contributed by atoms with Crippen molar-refractivity contribution < 1.29 is 4.79 Å². The van der Waals surface area contributed by atoms with E-state index < -0.39 is 0 Å². The number of nitrogens with one attached hydrogen (secondary N) is 1. The molecule has 2 nitrogen and oxygen atoms in total. The Morgan fingerprint density at radius 2 is 1.76 bits per heavy atom. The number of para-hydroxylation sites is 1. The van der Waals surface area contributed by atoms with Crippen LogP contribution in [-0.4, -0.2) is 5.78 Å². The van der Waals surface area contributed by atoms with Crippen molar-refractivity contribution in [1.29, 1.82) is 0 Å². The SMILES string of the molecule is CC1(C)C[C@@H]2C(=O)c3ccccc3N[C@H]2c2ccccc21. The number of benzene rings is 2.